The fraction of sp³-hybridized carbons (Fsp3) is 0.182. The van der Waals surface area contributed by atoms with Gasteiger partial charge in [0.25, 0.3) is 11.5 Å². The molecule has 0 aliphatic rings. The van der Waals surface area contributed by atoms with Gasteiger partial charge in [0.05, 0.1) is 27.4 Å². The molecule has 1 heterocycles. The molecular formula is C22H17Cl2F2N3O5. The first-order valence-corrected chi connectivity index (χ1v) is 10.4. The zero-order valence-corrected chi connectivity index (χ0v) is 19.0. The third-order valence-corrected chi connectivity index (χ3v) is 5.42. The number of aryl methyl sites for hydroxylation is 1. The molecule has 2 N–H and O–H groups in total. The lowest BCUT2D eigenvalue weighted by atomic mass is 10.0. The summed E-state index contributed by atoms with van der Waals surface area (Å²) in [7, 11) is 1.36. The largest absolute Gasteiger partial charge is 0.480 e. The number of halogens is 4. The van der Waals surface area contributed by atoms with Crippen LogP contribution in [0.1, 0.15) is 15.9 Å². The van der Waals surface area contributed by atoms with Gasteiger partial charge in [-0.15, -0.1) is 0 Å². The lowest BCUT2D eigenvalue weighted by Crippen LogP contribution is -2.42. The number of benzene rings is 2. The van der Waals surface area contributed by atoms with E-state index in [2.05, 4.69) is 15.2 Å². The molecule has 1 atom stereocenters. The van der Waals surface area contributed by atoms with Gasteiger partial charge in [-0.1, -0.05) is 53.5 Å². The van der Waals surface area contributed by atoms with Gasteiger partial charge < -0.3 is 15.2 Å². The van der Waals surface area contributed by atoms with E-state index in [4.69, 9.17) is 23.2 Å². The highest BCUT2D eigenvalue weighted by Gasteiger charge is 2.24. The zero-order chi connectivity index (χ0) is 25.0. The SMILES string of the molecule is Cn1ncc(OC(F)F)c(-c2ccc(C[C@H](NC(=O)c3c(Cl)cccc3Cl)C(=O)O)cc2)c1=O. The number of carbonyl (C=O) groups is 2. The summed E-state index contributed by atoms with van der Waals surface area (Å²) >= 11 is 12.0. The Labute approximate surface area is 201 Å². The van der Waals surface area contributed by atoms with Crippen molar-refractivity contribution in [2.75, 3.05) is 0 Å². The summed E-state index contributed by atoms with van der Waals surface area (Å²) in [6, 6.07) is 9.05. The monoisotopic (exact) mass is 511 g/mol. The number of rotatable bonds is 8. The van der Waals surface area contributed by atoms with E-state index in [1.807, 2.05) is 0 Å². The fourth-order valence-electron chi connectivity index (χ4n) is 3.16. The molecule has 0 bridgehead atoms. The summed E-state index contributed by atoms with van der Waals surface area (Å²) in [5.41, 5.74) is -0.0726. The van der Waals surface area contributed by atoms with E-state index in [-0.39, 0.29) is 33.2 Å². The number of carbonyl (C=O) groups excluding carboxylic acids is 1. The second-order valence-corrected chi connectivity index (χ2v) is 7.87. The van der Waals surface area contributed by atoms with Gasteiger partial charge in [0.15, 0.2) is 5.75 Å². The molecule has 12 heteroatoms. The summed E-state index contributed by atoms with van der Waals surface area (Å²) in [5, 5.41) is 15.8. The Kier molecular flexibility index (Phi) is 7.85. The minimum atomic E-state index is -3.15. The Morgan fingerprint density at radius 2 is 1.76 bits per heavy atom. The molecule has 3 aromatic rings. The third kappa shape index (κ3) is 5.70. The predicted molar refractivity (Wildman–Crippen MR) is 121 cm³/mol. The van der Waals surface area contributed by atoms with Gasteiger partial charge in [-0.05, 0) is 23.3 Å². The molecule has 8 nitrogen and oxygen atoms in total. The van der Waals surface area contributed by atoms with Gasteiger partial charge in [-0.2, -0.15) is 13.9 Å². The Morgan fingerprint density at radius 3 is 2.32 bits per heavy atom. The van der Waals surface area contributed by atoms with Crippen molar-refractivity contribution in [2.45, 2.75) is 19.1 Å². The van der Waals surface area contributed by atoms with Crippen LogP contribution in [0.4, 0.5) is 8.78 Å². The van der Waals surface area contributed by atoms with Crippen LogP contribution >= 0.6 is 23.2 Å². The highest BCUT2D eigenvalue weighted by Crippen LogP contribution is 2.28. The first-order valence-electron chi connectivity index (χ1n) is 9.66. The number of hydrogen-bond donors (Lipinski definition) is 2. The number of alkyl halides is 2. The molecule has 0 saturated heterocycles. The molecular weight excluding hydrogens is 495 g/mol. The van der Waals surface area contributed by atoms with Crippen LogP contribution in [0.3, 0.4) is 0 Å². The van der Waals surface area contributed by atoms with E-state index < -0.39 is 35.8 Å². The van der Waals surface area contributed by atoms with Crippen molar-refractivity contribution in [2.24, 2.45) is 7.05 Å². The van der Waals surface area contributed by atoms with E-state index in [9.17, 15) is 28.3 Å². The van der Waals surface area contributed by atoms with Crippen LogP contribution in [-0.2, 0) is 18.3 Å². The molecule has 0 saturated carbocycles. The summed E-state index contributed by atoms with van der Waals surface area (Å²) in [5.74, 6) is -2.44. The maximum absolute atomic E-state index is 12.7. The van der Waals surface area contributed by atoms with Crippen molar-refractivity contribution in [1.29, 1.82) is 0 Å². The van der Waals surface area contributed by atoms with Gasteiger partial charge in [-0.25, -0.2) is 9.48 Å². The highest BCUT2D eigenvalue weighted by molar-refractivity contribution is 6.39. The summed E-state index contributed by atoms with van der Waals surface area (Å²) < 4.78 is 30.9. The highest BCUT2D eigenvalue weighted by atomic mass is 35.5. The number of carboxylic acid groups (broad SMARTS) is 1. The van der Waals surface area contributed by atoms with E-state index in [1.165, 1.54) is 43.4 Å². The van der Waals surface area contributed by atoms with Crippen LogP contribution < -0.4 is 15.6 Å². The Balaban J connectivity index is 1.84. The number of carboxylic acids is 1. The topological polar surface area (TPSA) is 111 Å². The number of ether oxygens (including phenoxy) is 1. The lowest BCUT2D eigenvalue weighted by molar-refractivity contribution is -0.139. The summed E-state index contributed by atoms with van der Waals surface area (Å²) in [6.45, 7) is -3.15. The molecule has 0 fully saturated rings. The number of amides is 1. The van der Waals surface area contributed by atoms with Gasteiger partial charge >= 0.3 is 12.6 Å². The maximum Gasteiger partial charge on any atom is 0.387 e. The van der Waals surface area contributed by atoms with Crippen molar-refractivity contribution >= 4 is 35.1 Å². The second kappa shape index (κ2) is 10.6. The van der Waals surface area contributed by atoms with E-state index in [0.717, 1.165) is 10.9 Å². The van der Waals surface area contributed by atoms with Gasteiger partial charge in [0, 0.05) is 13.5 Å². The van der Waals surface area contributed by atoms with Crippen molar-refractivity contribution in [3.8, 4) is 16.9 Å². The number of nitrogens with zero attached hydrogens (tertiary/aromatic N) is 2. The summed E-state index contributed by atoms with van der Waals surface area (Å²) in [6.07, 6.45) is 0.894. The minimum absolute atomic E-state index is 0.0486. The van der Waals surface area contributed by atoms with Gasteiger partial charge in [0.2, 0.25) is 0 Å². The Hall–Kier alpha value is -3.50. The van der Waals surface area contributed by atoms with Crippen molar-refractivity contribution in [1.82, 2.24) is 15.1 Å². The van der Waals surface area contributed by atoms with E-state index >= 15 is 0 Å². The normalized spacial score (nSPS) is 11.8. The average molecular weight is 512 g/mol. The molecule has 34 heavy (non-hydrogen) atoms. The molecule has 0 spiro atoms. The standard InChI is InChI=1S/C22H17Cl2F2N3O5/c1-29-20(31)17(16(10-27-29)34-22(25)26)12-7-5-11(6-8-12)9-15(21(32)33)28-19(30)18-13(23)3-2-4-14(18)24/h2-8,10,15,22H,9H2,1H3,(H,28,30)(H,32,33)/t15-/m0/s1. The molecule has 3 rings (SSSR count). The average Bonchev–Trinajstić information content (AvgIpc) is 2.76. The molecule has 0 unspecified atom stereocenters. The first-order chi connectivity index (χ1) is 16.1. The smallest absolute Gasteiger partial charge is 0.387 e. The molecule has 1 amide bonds. The van der Waals surface area contributed by atoms with Crippen molar-refractivity contribution < 1.29 is 28.2 Å². The number of aliphatic carboxylic acids is 1. The fourth-order valence-corrected chi connectivity index (χ4v) is 3.73. The van der Waals surface area contributed by atoms with Crippen LogP contribution in [0.2, 0.25) is 10.0 Å². The van der Waals surface area contributed by atoms with Crippen molar-refractivity contribution in [3.63, 3.8) is 0 Å². The number of hydrogen-bond acceptors (Lipinski definition) is 5. The van der Waals surface area contributed by atoms with E-state index in [0.29, 0.717) is 5.56 Å². The lowest BCUT2D eigenvalue weighted by Gasteiger charge is -2.16. The van der Waals surface area contributed by atoms with E-state index in [1.54, 1.807) is 6.07 Å². The molecule has 178 valence electrons. The van der Waals surface area contributed by atoms with Crippen LogP contribution in [0.5, 0.6) is 5.75 Å². The van der Waals surface area contributed by atoms with Crippen molar-refractivity contribution in [3.05, 3.63) is 80.2 Å². The molecule has 0 radical (unpaired) electrons. The Bertz CT molecular complexity index is 1260. The maximum atomic E-state index is 12.7. The molecule has 1 aromatic heterocycles. The van der Waals surface area contributed by atoms with Gasteiger partial charge in [0.1, 0.15) is 6.04 Å². The molecule has 0 aliphatic heterocycles. The summed E-state index contributed by atoms with van der Waals surface area (Å²) in [4.78, 5) is 36.8. The van der Waals surface area contributed by atoms with Crippen LogP contribution in [-0.4, -0.2) is 39.4 Å². The minimum Gasteiger partial charge on any atom is -0.480 e. The first kappa shape index (κ1) is 25.1. The van der Waals surface area contributed by atoms with Gasteiger partial charge in [-0.3, -0.25) is 9.59 Å². The number of nitrogens with one attached hydrogen (secondary N) is 1. The quantitative estimate of drug-likeness (QED) is 0.476. The Morgan fingerprint density at radius 1 is 1.15 bits per heavy atom. The predicted octanol–water partition coefficient (Wildman–Crippen LogP) is 3.78. The van der Waals surface area contributed by atoms with Crippen LogP contribution in [0, 0.1) is 0 Å². The van der Waals surface area contributed by atoms with Crippen LogP contribution in [0.25, 0.3) is 11.1 Å². The molecule has 0 aliphatic carbocycles. The third-order valence-electron chi connectivity index (χ3n) is 4.79. The second-order valence-electron chi connectivity index (χ2n) is 7.05. The number of aromatic nitrogens is 2. The molecule has 2 aromatic carbocycles. The van der Waals surface area contributed by atoms with Crippen LogP contribution in [0.15, 0.2) is 53.5 Å². The zero-order valence-electron chi connectivity index (χ0n) is 17.5.